The number of carbonyl (C=O) groups excluding carboxylic acids is 3. The Bertz CT molecular complexity index is 1120. The molecule has 2 aromatic carbocycles. The number of rotatable bonds is 5. The van der Waals surface area contributed by atoms with Gasteiger partial charge in [-0.3, -0.25) is 19.3 Å². The molecule has 3 amide bonds. The number of carbonyl (C=O) groups is 3. The highest BCUT2D eigenvalue weighted by Crippen LogP contribution is 2.43. The summed E-state index contributed by atoms with van der Waals surface area (Å²) < 4.78 is 14.3. The molecule has 7 heteroatoms. The van der Waals surface area contributed by atoms with Crippen LogP contribution in [0.2, 0.25) is 0 Å². The predicted molar refractivity (Wildman–Crippen MR) is 131 cm³/mol. The first kappa shape index (κ1) is 23.5. The highest BCUT2D eigenvalue weighted by atomic mass is 19.1. The van der Waals surface area contributed by atoms with E-state index in [-0.39, 0.29) is 42.6 Å². The van der Waals surface area contributed by atoms with Gasteiger partial charge in [-0.25, -0.2) is 4.39 Å². The highest BCUT2D eigenvalue weighted by Gasteiger charge is 2.56. The Kier molecular flexibility index (Phi) is 6.34. The molecule has 35 heavy (non-hydrogen) atoms. The summed E-state index contributed by atoms with van der Waals surface area (Å²) in [6.07, 6.45) is 3.34. The highest BCUT2D eigenvalue weighted by molar-refractivity contribution is 6.11. The zero-order valence-corrected chi connectivity index (χ0v) is 20.2. The molecular formula is C28H32FN3O3. The van der Waals surface area contributed by atoms with E-state index in [4.69, 9.17) is 0 Å². The largest absolute Gasteiger partial charge is 0.368 e. The van der Waals surface area contributed by atoms with Crippen molar-refractivity contribution in [1.82, 2.24) is 9.80 Å². The number of para-hydroxylation sites is 1. The van der Waals surface area contributed by atoms with Gasteiger partial charge in [0.05, 0.1) is 5.41 Å². The Morgan fingerprint density at radius 1 is 1.03 bits per heavy atom. The lowest BCUT2D eigenvalue weighted by Gasteiger charge is -2.42. The summed E-state index contributed by atoms with van der Waals surface area (Å²) in [7, 11) is 0. The van der Waals surface area contributed by atoms with Crippen molar-refractivity contribution in [2.24, 2.45) is 0 Å². The monoisotopic (exact) mass is 477 g/mol. The molecule has 0 radical (unpaired) electrons. The molecule has 1 aliphatic carbocycles. The molecule has 0 N–H and O–H groups in total. The maximum atomic E-state index is 14.3. The van der Waals surface area contributed by atoms with Gasteiger partial charge in [0.15, 0.2) is 0 Å². The fourth-order valence-electron chi connectivity index (χ4n) is 6.11. The van der Waals surface area contributed by atoms with Crippen LogP contribution in [0.1, 0.15) is 51.0 Å². The van der Waals surface area contributed by atoms with Crippen molar-refractivity contribution in [2.75, 3.05) is 24.5 Å². The molecule has 2 aliphatic heterocycles. The third kappa shape index (κ3) is 4.32. The van der Waals surface area contributed by atoms with Gasteiger partial charge >= 0.3 is 0 Å². The lowest BCUT2D eigenvalue weighted by molar-refractivity contribution is -0.145. The summed E-state index contributed by atoms with van der Waals surface area (Å²) in [6.45, 7) is 3.91. The number of nitrogens with zero attached hydrogens (tertiary/aromatic N) is 3. The minimum Gasteiger partial charge on any atom is -0.368 e. The number of benzene rings is 2. The minimum atomic E-state index is -1.35. The van der Waals surface area contributed by atoms with Crippen LogP contribution in [-0.4, -0.2) is 59.2 Å². The molecule has 6 nitrogen and oxygen atoms in total. The van der Waals surface area contributed by atoms with Crippen molar-refractivity contribution < 1.29 is 18.8 Å². The average molecular weight is 478 g/mol. The number of amides is 3. The summed E-state index contributed by atoms with van der Waals surface area (Å²) in [4.78, 5) is 46.2. The number of piperazine rings is 1. The fraction of sp³-hybridized carbons (Fsp3) is 0.464. The van der Waals surface area contributed by atoms with Gasteiger partial charge in [-0.05, 0) is 49.6 Å². The van der Waals surface area contributed by atoms with Gasteiger partial charge in [0.2, 0.25) is 17.7 Å². The van der Waals surface area contributed by atoms with Crippen LogP contribution in [0.3, 0.4) is 0 Å². The molecule has 3 fully saturated rings. The van der Waals surface area contributed by atoms with E-state index >= 15 is 0 Å². The summed E-state index contributed by atoms with van der Waals surface area (Å²) in [5.74, 6) is -1.23. The van der Waals surface area contributed by atoms with Gasteiger partial charge < -0.3 is 9.80 Å². The Morgan fingerprint density at radius 2 is 1.77 bits per heavy atom. The van der Waals surface area contributed by atoms with E-state index in [1.54, 1.807) is 12.1 Å². The van der Waals surface area contributed by atoms with Gasteiger partial charge in [0, 0.05) is 50.2 Å². The van der Waals surface area contributed by atoms with Crippen molar-refractivity contribution in [3.8, 4) is 0 Å². The zero-order valence-electron chi connectivity index (χ0n) is 20.2. The molecule has 1 saturated carbocycles. The summed E-state index contributed by atoms with van der Waals surface area (Å²) in [5, 5.41) is 0. The molecule has 3 aliphatic rings. The van der Waals surface area contributed by atoms with E-state index in [1.807, 2.05) is 30.0 Å². The van der Waals surface area contributed by atoms with Crippen LogP contribution < -0.4 is 4.90 Å². The first-order valence-electron chi connectivity index (χ1n) is 12.6. The molecule has 0 aromatic heterocycles. The Hall–Kier alpha value is -3.22. The second-order valence-electron chi connectivity index (χ2n) is 10.2. The van der Waals surface area contributed by atoms with Crippen LogP contribution in [0.4, 0.5) is 10.1 Å². The van der Waals surface area contributed by atoms with E-state index < -0.39 is 11.2 Å². The SMILES string of the molecule is CC1CN(c2ccccc2)CCN1C(=O)CC1(c2cccc(F)c2)CC(=O)N(C2CCCC2)C1=O. The lowest BCUT2D eigenvalue weighted by Crippen LogP contribution is -2.55. The van der Waals surface area contributed by atoms with Crippen LogP contribution in [-0.2, 0) is 19.8 Å². The van der Waals surface area contributed by atoms with Gasteiger partial charge in [-0.1, -0.05) is 43.2 Å². The zero-order chi connectivity index (χ0) is 24.6. The molecule has 2 aromatic rings. The second kappa shape index (κ2) is 9.44. The molecule has 2 unspecified atom stereocenters. The minimum absolute atomic E-state index is 0.0563. The molecule has 2 saturated heterocycles. The predicted octanol–water partition coefficient (Wildman–Crippen LogP) is 3.89. The molecule has 2 atom stereocenters. The first-order valence-corrected chi connectivity index (χ1v) is 12.6. The van der Waals surface area contributed by atoms with E-state index in [9.17, 15) is 18.8 Å². The maximum absolute atomic E-state index is 14.3. The number of hydrogen-bond acceptors (Lipinski definition) is 4. The molecule has 2 heterocycles. The van der Waals surface area contributed by atoms with E-state index in [0.717, 1.165) is 31.4 Å². The Labute approximate surface area is 205 Å². The van der Waals surface area contributed by atoms with Crippen molar-refractivity contribution in [3.05, 3.63) is 66.0 Å². The van der Waals surface area contributed by atoms with E-state index in [0.29, 0.717) is 25.2 Å². The standard InChI is InChI=1S/C28H32FN3O3/c1-20-19-30(23-10-3-2-4-11-23)14-15-31(20)25(33)17-28(21-8-7-9-22(29)16-21)18-26(34)32(27(28)35)24-12-5-6-13-24/h2-4,7-11,16,20,24H,5-6,12-15,17-19H2,1H3. The normalized spacial score (nSPS) is 25.5. The molecule has 184 valence electrons. The lowest BCUT2D eigenvalue weighted by atomic mass is 9.75. The second-order valence-corrected chi connectivity index (χ2v) is 10.2. The number of halogens is 1. The molecule has 0 bridgehead atoms. The number of imide groups is 1. The maximum Gasteiger partial charge on any atom is 0.241 e. The topological polar surface area (TPSA) is 60.9 Å². The number of likely N-dealkylation sites (tertiary alicyclic amines) is 1. The fourth-order valence-corrected chi connectivity index (χ4v) is 6.11. The Balaban J connectivity index is 1.40. The van der Waals surface area contributed by atoms with E-state index in [2.05, 4.69) is 17.0 Å². The van der Waals surface area contributed by atoms with Gasteiger partial charge in [0.1, 0.15) is 5.82 Å². The van der Waals surface area contributed by atoms with Crippen molar-refractivity contribution in [3.63, 3.8) is 0 Å². The third-order valence-electron chi connectivity index (χ3n) is 7.94. The van der Waals surface area contributed by atoms with Crippen LogP contribution in [0.25, 0.3) is 0 Å². The summed E-state index contributed by atoms with van der Waals surface area (Å²) in [5.41, 5.74) is 0.182. The third-order valence-corrected chi connectivity index (χ3v) is 7.94. The smallest absolute Gasteiger partial charge is 0.241 e. The van der Waals surface area contributed by atoms with Crippen LogP contribution >= 0.6 is 0 Å². The molecular weight excluding hydrogens is 445 g/mol. The Morgan fingerprint density at radius 3 is 2.46 bits per heavy atom. The molecule has 5 rings (SSSR count). The van der Waals surface area contributed by atoms with Gasteiger partial charge in [-0.15, -0.1) is 0 Å². The quantitative estimate of drug-likeness (QED) is 0.613. The van der Waals surface area contributed by atoms with Gasteiger partial charge in [0.25, 0.3) is 0 Å². The molecule has 0 spiro atoms. The summed E-state index contributed by atoms with van der Waals surface area (Å²) in [6, 6.07) is 15.8. The van der Waals surface area contributed by atoms with Crippen LogP contribution in [0.15, 0.2) is 54.6 Å². The van der Waals surface area contributed by atoms with Crippen LogP contribution in [0, 0.1) is 5.82 Å². The van der Waals surface area contributed by atoms with Gasteiger partial charge in [-0.2, -0.15) is 0 Å². The summed E-state index contributed by atoms with van der Waals surface area (Å²) >= 11 is 0. The van der Waals surface area contributed by atoms with Crippen molar-refractivity contribution in [1.29, 1.82) is 0 Å². The van der Waals surface area contributed by atoms with Crippen molar-refractivity contribution in [2.45, 2.75) is 62.9 Å². The van der Waals surface area contributed by atoms with E-state index in [1.165, 1.54) is 17.0 Å². The van der Waals surface area contributed by atoms with Crippen molar-refractivity contribution >= 4 is 23.4 Å². The number of hydrogen-bond donors (Lipinski definition) is 0. The number of anilines is 1. The first-order chi connectivity index (χ1) is 16.9. The average Bonchev–Trinajstić information content (AvgIpc) is 3.46. The van der Waals surface area contributed by atoms with Crippen LogP contribution in [0.5, 0.6) is 0 Å².